The summed E-state index contributed by atoms with van der Waals surface area (Å²) < 4.78 is 5.45. The van der Waals surface area contributed by atoms with E-state index in [-0.39, 0.29) is 6.61 Å². The summed E-state index contributed by atoms with van der Waals surface area (Å²) in [5.41, 5.74) is 6.40. The lowest BCUT2D eigenvalue weighted by Crippen LogP contribution is -2.55. The lowest BCUT2D eigenvalue weighted by atomic mass is 10.0. The van der Waals surface area contributed by atoms with Gasteiger partial charge in [-0.2, -0.15) is 5.11 Å². The molecular formula is C21H27N3O4. The number of anilines is 1. The molecule has 3 rings (SSSR count). The van der Waals surface area contributed by atoms with Crippen LogP contribution in [0.5, 0.6) is 0 Å². The molecule has 1 aliphatic rings. The van der Waals surface area contributed by atoms with Gasteiger partial charge in [-0.1, -0.05) is 6.07 Å². The maximum absolute atomic E-state index is 10.2. The average Bonchev–Trinajstić information content (AvgIpc) is 2.66. The molecule has 1 heterocycles. The molecule has 4 N–H and O–H groups in total. The molecule has 2 aromatic carbocycles. The molecule has 1 fully saturated rings. The van der Waals surface area contributed by atoms with Crippen molar-refractivity contribution in [1.82, 2.24) is 0 Å². The molecule has 2 aromatic rings. The summed E-state index contributed by atoms with van der Waals surface area (Å²) in [6, 6.07) is 9.69. The van der Waals surface area contributed by atoms with Gasteiger partial charge in [0.2, 0.25) is 0 Å². The van der Waals surface area contributed by atoms with Crippen LogP contribution in [0.3, 0.4) is 0 Å². The summed E-state index contributed by atoms with van der Waals surface area (Å²) in [5.74, 6) is 0. The van der Waals surface area contributed by atoms with Crippen molar-refractivity contribution in [3.05, 3.63) is 52.6 Å². The molecular weight excluding hydrogens is 358 g/mol. The molecule has 7 nitrogen and oxygen atoms in total. The largest absolute Gasteiger partial charge is 0.388 e. The summed E-state index contributed by atoms with van der Waals surface area (Å²) in [4.78, 5) is 0. The SMILES string of the molecule is Cc1ccc(N=Nc2cc(C)c(C)cc2N[C@@H]2OC[C@@H](O)[C@@H](O)[C@@H]2O)cc1C. The van der Waals surface area contributed by atoms with Crippen molar-refractivity contribution < 1.29 is 20.1 Å². The summed E-state index contributed by atoms with van der Waals surface area (Å²) in [5, 5.41) is 41.5. The summed E-state index contributed by atoms with van der Waals surface area (Å²) >= 11 is 0. The van der Waals surface area contributed by atoms with Gasteiger partial charge in [0.05, 0.1) is 18.0 Å². The van der Waals surface area contributed by atoms with E-state index in [0.29, 0.717) is 11.4 Å². The van der Waals surface area contributed by atoms with Gasteiger partial charge in [-0.25, -0.2) is 0 Å². The van der Waals surface area contributed by atoms with Crippen molar-refractivity contribution in [2.75, 3.05) is 11.9 Å². The third-order valence-corrected chi connectivity index (χ3v) is 5.17. The van der Waals surface area contributed by atoms with Crippen molar-refractivity contribution in [1.29, 1.82) is 0 Å². The lowest BCUT2D eigenvalue weighted by Gasteiger charge is -2.36. The summed E-state index contributed by atoms with van der Waals surface area (Å²) in [6.07, 6.45) is -4.53. The molecule has 150 valence electrons. The van der Waals surface area contributed by atoms with E-state index in [1.54, 1.807) is 0 Å². The van der Waals surface area contributed by atoms with Gasteiger partial charge in [0.15, 0.2) is 6.23 Å². The Morgan fingerprint density at radius 1 is 0.857 bits per heavy atom. The van der Waals surface area contributed by atoms with Gasteiger partial charge in [-0.05, 0) is 74.2 Å². The second kappa shape index (κ2) is 8.36. The van der Waals surface area contributed by atoms with Gasteiger partial charge < -0.3 is 25.4 Å². The normalized spacial score (nSPS) is 25.2. The highest BCUT2D eigenvalue weighted by Gasteiger charge is 2.37. The van der Waals surface area contributed by atoms with E-state index in [0.717, 1.165) is 22.4 Å². The first kappa shape index (κ1) is 20.4. The quantitative estimate of drug-likeness (QED) is 0.605. The zero-order valence-electron chi connectivity index (χ0n) is 16.5. The Labute approximate surface area is 164 Å². The summed E-state index contributed by atoms with van der Waals surface area (Å²) in [6.45, 7) is 7.96. The zero-order valence-corrected chi connectivity index (χ0v) is 16.5. The Hall–Kier alpha value is -2.32. The van der Waals surface area contributed by atoms with Crippen molar-refractivity contribution in [2.24, 2.45) is 10.2 Å². The predicted molar refractivity (Wildman–Crippen MR) is 107 cm³/mol. The van der Waals surface area contributed by atoms with E-state index in [1.165, 1.54) is 5.56 Å². The minimum absolute atomic E-state index is 0.0692. The van der Waals surface area contributed by atoms with Crippen LogP contribution in [0.4, 0.5) is 17.1 Å². The number of ether oxygens (including phenoxy) is 1. The fourth-order valence-corrected chi connectivity index (χ4v) is 2.99. The monoisotopic (exact) mass is 385 g/mol. The molecule has 1 aliphatic heterocycles. The smallest absolute Gasteiger partial charge is 0.156 e. The number of hydrogen-bond donors (Lipinski definition) is 4. The van der Waals surface area contributed by atoms with Gasteiger partial charge in [-0.3, -0.25) is 0 Å². The van der Waals surface area contributed by atoms with E-state index in [9.17, 15) is 15.3 Å². The second-order valence-electron chi connectivity index (χ2n) is 7.37. The third kappa shape index (κ3) is 4.39. The van der Waals surface area contributed by atoms with Crippen LogP contribution >= 0.6 is 0 Å². The second-order valence-corrected chi connectivity index (χ2v) is 7.37. The number of rotatable bonds is 4. The molecule has 7 heteroatoms. The van der Waals surface area contributed by atoms with E-state index < -0.39 is 24.5 Å². The number of nitrogens with one attached hydrogen (secondary N) is 1. The lowest BCUT2D eigenvalue weighted by molar-refractivity contribution is -0.178. The number of aryl methyl sites for hydroxylation is 4. The van der Waals surface area contributed by atoms with Gasteiger partial charge in [0.25, 0.3) is 0 Å². The first-order chi connectivity index (χ1) is 13.3. The summed E-state index contributed by atoms with van der Waals surface area (Å²) in [7, 11) is 0. The highest BCUT2D eigenvalue weighted by molar-refractivity contribution is 5.68. The van der Waals surface area contributed by atoms with Crippen molar-refractivity contribution in [3.63, 3.8) is 0 Å². The first-order valence-corrected chi connectivity index (χ1v) is 9.29. The van der Waals surface area contributed by atoms with Crippen LogP contribution in [-0.2, 0) is 4.74 Å². The number of benzene rings is 2. The van der Waals surface area contributed by atoms with Gasteiger partial charge in [-0.15, -0.1) is 5.11 Å². The molecule has 0 saturated carbocycles. The highest BCUT2D eigenvalue weighted by atomic mass is 16.5. The number of nitrogens with zero attached hydrogens (tertiary/aromatic N) is 2. The van der Waals surface area contributed by atoms with Crippen molar-refractivity contribution in [2.45, 2.75) is 52.2 Å². The Morgan fingerprint density at radius 2 is 1.54 bits per heavy atom. The minimum Gasteiger partial charge on any atom is -0.388 e. The molecule has 0 radical (unpaired) electrons. The molecule has 0 spiro atoms. The maximum Gasteiger partial charge on any atom is 0.156 e. The van der Waals surface area contributed by atoms with Gasteiger partial charge in [0, 0.05) is 0 Å². The van der Waals surface area contributed by atoms with Crippen LogP contribution in [0.25, 0.3) is 0 Å². The van der Waals surface area contributed by atoms with Crippen LogP contribution in [0, 0.1) is 27.7 Å². The Kier molecular flexibility index (Phi) is 6.10. The molecule has 0 aromatic heterocycles. The van der Waals surface area contributed by atoms with E-state index >= 15 is 0 Å². The van der Waals surface area contributed by atoms with Crippen LogP contribution < -0.4 is 5.32 Å². The number of aliphatic hydroxyl groups is 3. The fourth-order valence-electron chi connectivity index (χ4n) is 2.99. The molecule has 0 bridgehead atoms. The molecule has 0 unspecified atom stereocenters. The number of aliphatic hydroxyl groups excluding tert-OH is 3. The molecule has 0 aliphatic carbocycles. The zero-order chi connectivity index (χ0) is 20.4. The molecule has 1 saturated heterocycles. The minimum atomic E-state index is -1.28. The average molecular weight is 385 g/mol. The van der Waals surface area contributed by atoms with Gasteiger partial charge >= 0.3 is 0 Å². The standard InChI is InChI=1S/C21H27N3O4/c1-11-5-6-15(7-12(11)2)23-24-17-9-14(4)13(3)8-16(17)22-21-20(27)19(26)18(25)10-28-21/h5-9,18-22,25-27H,10H2,1-4H3/t18-,19-,20+,21-/m1/s1. The third-order valence-electron chi connectivity index (χ3n) is 5.17. The number of hydrogen-bond acceptors (Lipinski definition) is 7. The fraction of sp³-hybridized carbons (Fsp3) is 0.429. The highest BCUT2D eigenvalue weighted by Crippen LogP contribution is 2.32. The van der Waals surface area contributed by atoms with Crippen LogP contribution in [0.15, 0.2) is 40.6 Å². The Morgan fingerprint density at radius 3 is 2.25 bits per heavy atom. The Balaban J connectivity index is 1.88. The van der Waals surface area contributed by atoms with Crippen LogP contribution in [0.2, 0.25) is 0 Å². The first-order valence-electron chi connectivity index (χ1n) is 9.29. The van der Waals surface area contributed by atoms with E-state index in [4.69, 9.17) is 4.74 Å². The molecule has 0 amide bonds. The molecule has 28 heavy (non-hydrogen) atoms. The van der Waals surface area contributed by atoms with Crippen molar-refractivity contribution >= 4 is 17.1 Å². The predicted octanol–water partition coefficient (Wildman–Crippen LogP) is 3.19. The molecule has 4 atom stereocenters. The maximum atomic E-state index is 10.2. The number of azo groups is 1. The van der Waals surface area contributed by atoms with E-state index in [2.05, 4.69) is 15.5 Å². The Bertz CT molecular complexity index is 884. The van der Waals surface area contributed by atoms with Crippen LogP contribution in [0.1, 0.15) is 22.3 Å². The van der Waals surface area contributed by atoms with Crippen molar-refractivity contribution in [3.8, 4) is 0 Å². The topological polar surface area (TPSA) is 107 Å². The van der Waals surface area contributed by atoms with E-state index in [1.807, 2.05) is 58.0 Å². The van der Waals surface area contributed by atoms with Gasteiger partial charge in [0.1, 0.15) is 24.0 Å². The van der Waals surface area contributed by atoms with Crippen LogP contribution in [-0.4, -0.2) is 46.5 Å².